The van der Waals surface area contributed by atoms with Crippen LogP contribution in [0.25, 0.3) is 0 Å². The Morgan fingerprint density at radius 3 is 2.77 bits per heavy atom. The van der Waals surface area contributed by atoms with Crippen LogP contribution in [0.2, 0.25) is 0 Å². The zero-order valence-electron chi connectivity index (χ0n) is 14.4. The minimum absolute atomic E-state index is 0.171. The first-order chi connectivity index (χ1) is 12.6. The monoisotopic (exact) mass is 353 g/mol. The third kappa shape index (κ3) is 4.69. The number of aromatic amines is 1. The van der Waals surface area contributed by atoms with E-state index in [1.54, 1.807) is 18.2 Å². The number of ether oxygens (including phenoxy) is 1. The van der Waals surface area contributed by atoms with Crippen molar-refractivity contribution in [2.24, 2.45) is 0 Å². The zero-order valence-corrected chi connectivity index (χ0v) is 14.4. The molecule has 0 aliphatic heterocycles. The molecule has 134 valence electrons. The summed E-state index contributed by atoms with van der Waals surface area (Å²) in [5.74, 6) is 0.0120. The fourth-order valence-corrected chi connectivity index (χ4v) is 2.51. The molecule has 1 atom stereocenters. The molecule has 0 bridgehead atoms. The SMILES string of the molecule is CC(CNC(=O)c1cc(COc2cccc(F)c2)[nH]n1)c1ccccc1. The van der Waals surface area contributed by atoms with Crippen molar-refractivity contribution in [1.29, 1.82) is 0 Å². The molecule has 1 heterocycles. The Balaban J connectivity index is 1.51. The van der Waals surface area contributed by atoms with Crippen LogP contribution in [0.15, 0.2) is 60.7 Å². The number of rotatable bonds is 7. The Kier molecular flexibility index (Phi) is 5.63. The highest BCUT2D eigenvalue weighted by Crippen LogP contribution is 2.15. The number of aromatic nitrogens is 2. The van der Waals surface area contributed by atoms with E-state index in [1.807, 2.05) is 30.3 Å². The summed E-state index contributed by atoms with van der Waals surface area (Å²) >= 11 is 0. The minimum Gasteiger partial charge on any atom is -0.487 e. The van der Waals surface area contributed by atoms with E-state index < -0.39 is 0 Å². The van der Waals surface area contributed by atoms with Crippen molar-refractivity contribution >= 4 is 5.91 Å². The predicted molar refractivity (Wildman–Crippen MR) is 96.5 cm³/mol. The number of benzene rings is 2. The highest BCUT2D eigenvalue weighted by molar-refractivity contribution is 5.92. The fourth-order valence-electron chi connectivity index (χ4n) is 2.51. The van der Waals surface area contributed by atoms with Gasteiger partial charge in [-0.05, 0) is 29.7 Å². The summed E-state index contributed by atoms with van der Waals surface area (Å²) in [5.41, 5.74) is 2.10. The van der Waals surface area contributed by atoms with Gasteiger partial charge in [-0.15, -0.1) is 0 Å². The van der Waals surface area contributed by atoms with Crippen LogP contribution in [0.5, 0.6) is 5.75 Å². The number of hydrogen-bond donors (Lipinski definition) is 2. The van der Waals surface area contributed by atoms with Gasteiger partial charge in [0, 0.05) is 12.6 Å². The van der Waals surface area contributed by atoms with Gasteiger partial charge in [0.05, 0.1) is 5.69 Å². The molecule has 3 aromatic rings. The second-order valence-corrected chi connectivity index (χ2v) is 6.05. The predicted octanol–water partition coefficient (Wildman–Crippen LogP) is 3.66. The molecule has 1 unspecified atom stereocenters. The summed E-state index contributed by atoms with van der Waals surface area (Å²) in [6.45, 7) is 2.74. The maximum atomic E-state index is 13.1. The van der Waals surface area contributed by atoms with E-state index >= 15 is 0 Å². The number of carbonyl (C=O) groups excluding carboxylic acids is 1. The fraction of sp³-hybridized carbons (Fsp3) is 0.200. The van der Waals surface area contributed by atoms with Crippen molar-refractivity contribution < 1.29 is 13.9 Å². The third-order valence-corrected chi connectivity index (χ3v) is 3.99. The second-order valence-electron chi connectivity index (χ2n) is 6.05. The number of hydrogen-bond acceptors (Lipinski definition) is 3. The van der Waals surface area contributed by atoms with Crippen molar-refractivity contribution in [3.05, 3.63) is 83.4 Å². The molecule has 0 radical (unpaired) electrons. The lowest BCUT2D eigenvalue weighted by Gasteiger charge is -2.12. The van der Waals surface area contributed by atoms with E-state index in [-0.39, 0.29) is 24.2 Å². The molecule has 0 saturated heterocycles. The van der Waals surface area contributed by atoms with Gasteiger partial charge in [-0.2, -0.15) is 5.10 Å². The number of amides is 1. The van der Waals surface area contributed by atoms with Crippen molar-refractivity contribution in [3.63, 3.8) is 0 Å². The van der Waals surface area contributed by atoms with Crippen LogP contribution >= 0.6 is 0 Å². The Hall–Kier alpha value is -3.15. The van der Waals surface area contributed by atoms with Crippen LogP contribution in [-0.4, -0.2) is 22.6 Å². The molecule has 6 heteroatoms. The second kappa shape index (κ2) is 8.29. The Morgan fingerprint density at radius 2 is 2.00 bits per heavy atom. The van der Waals surface area contributed by atoms with Gasteiger partial charge in [0.2, 0.25) is 0 Å². The summed E-state index contributed by atoms with van der Waals surface area (Å²) in [6, 6.07) is 17.5. The maximum Gasteiger partial charge on any atom is 0.271 e. The van der Waals surface area contributed by atoms with Crippen LogP contribution in [0, 0.1) is 5.82 Å². The first-order valence-corrected chi connectivity index (χ1v) is 8.37. The highest BCUT2D eigenvalue weighted by Gasteiger charge is 2.13. The van der Waals surface area contributed by atoms with E-state index in [1.165, 1.54) is 17.7 Å². The molecule has 0 fully saturated rings. The summed E-state index contributed by atoms with van der Waals surface area (Å²) in [5, 5.41) is 9.65. The van der Waals surface area contributed by atoms with E-state index in [9.17, 15) is 9.18 Å². The Labute approximate surface area is 151 Å². The van der Waals surface area contributed by atoms with Gasteiger partial charge < -0.3 is 10.1 Å². The molecule has 0 aliphatic rings. The summed E-state index contributed by atoms with van der Waals surface area (Å²) in [7, 11) is 0. The van der Waals surface area contributed by atoms with Crippen molar-refractivity contribution in [1.82, 2.24) is 15.5 Å². The summed E-state index contributed by atoms with van der Waals surface area (Å²) in [4.78, 5) is 12.2. The van der Waals surface area contributed by atoms with Crippen LogP contribution in [0.4, 0.5) is 4.39 Å². The standard InChI is InChI=1S/C20H20FN3O2/c1-14(15-6-3-2-4-7-15)12-22-20(25)19-11-17(23-24-19)13-26-18-9-5-8-16(21)10-18/h2-11,14H,12-13H2,1H3,(H,22,25)(H,23,24). The lowest BCUT2D eigenvalue weighted by atomic mass is 10.0. The van der Waals surface area contributed by atoms with Gasteiger partial charge in [-0.25, -0.2) is 4.39 Å². The normalized spacial score (nSPS) is 11.8. The Morgan fingerprint density at radius 1 is 1.19 bits per heavy atom. The van der Waals surface area contributed by atoms with E-state index in [2.05, 4.69) is 22.4 Å². The van der Waals surface area contributed by atoms with Gasteiger partial charge in [0.1, 0.15) is 23.9 Å². The molecule has 1 aromatic heterocycles. The first kappa shape index (κ1) is 17.7. The Bertz CT molecular complexity index is 864. The van der Waals surface area contributed by atoms with Gasteiger partial charge >= 0.3 is 0 Å². The van der Waals surface area contributed by atoms with Crippen LogP contribution in [0.3, 0.4) is 0 Å². The van der Waals surface area contributed by atoms with E-state index in [0.717, 1.165) is 0 Å². The molecular weight excluding hydrogens is 333 g/mol. The largest absolute Gasteiger partial charge is 0.487 e. The van der Waals surface area contributed by atoms with Crippen molar-refractivity contribution in [2.75, 3.05) is 6.54 Å². The van der Waals surface area contributed by atoms with Gasteiger partial charge in [-0.3, -0.25) is 9.89 Å². The van der Waals surface area contributed by atoms with Gasteiger partial charge in [0.25, 0.3) is 5.91 Å². The first-order valence-electron chi connectivity index (χ1n) is 8.37. The number of carbonyl (C=O) groups is 1. The number of nitrogens with zero attached hydrogens (tertiary/aromatic N) is 1. The molecular formula is C20H20FN3O2. The lowest BCUT2D eigenvalue weighted by molar-refractivity contribution is 0.0946. The van der Waals surface area contributed by atoms with E-state index in [4.69, 9.17) is 4.74 Å². The van der Waals surface area contributed by atoms with E-state index in [0.29, 0.717) is 23.7 Å². The topological polar surface area (TPSA) is 67.0 Å². The molecule has 5 nitrogen and oxygen atoms in total. The smallest absolute Gasteiger partial charge is 0.271 e. The average Bonchev–Trinajstić information content (AvgIpc) is 3.14. The minimum atomic E-state index is -0.361. The molecule has 2 N–H and O–H groups in total. The van der Waals surface area contributed by atoms with Crippen molar-refractivity contribution in [2.45, 2.75) is 19.4 Å². The highest BCUT2D eigenvalue weighted by atomic mass is 19.1. The third-order valence-electron chi connectivity index (χ3n) is 3.99. The number of H-pyrrole nitrogens is 1. The van der Waals surface area contributed by atoms with Gasteiger partial charge in [0.15, 0.2) is 0 Å². The quantitative estimate of drug-likeness (QED) is 0.681. The number of nitrogens with one attached hydrogen (secondary N) is 2. The molecule has 0 saturated carbocycles. The van der Waals surface area contributed by atoms with Crippen molar-refractivity contribution in [3.8, 4) is 5.75 Å². The summed E-state index contributed by atoms with van der Waals surface area (Å²) in [6.07, 6.45) is 0. The summed E-state index contributed by atoms with van der Waals surface area (Å²) < 4.78 is 18.6. The van der Waals surface area contributed by atoms with Crippen LogP contribution in [-0.2, 0) is 6.61 Å². The van der Waals surface area contributed by atoms with Crippen LogP contribution in [0.1, 0.15) is 34.6 Å². The molecule has 26 heavy (non-hydrogen) atoms. The van der Waals surface area contributed by atoms with Gasteiger partial charge in [-0.1, -0.05) is 43.3 Å². The molecule has 0 aliphatic carbocycles. The lowest BCUT2D eigenvalue weighted by Crippen LogP contribution is -2.27. The molecule has 3 rings (SSSR count). The number of halogens is 1. The van der Waals surface area contributed by atoms with Crippen LogP contribution < -0.4 is 10.1 Å². The average molecular weight is 353 g/mol. The molecule has 0 spiro atoms. The zero-order chi connectivity index (χ0) is 18.4. The molecule has 1 amide bonds. The molecule has 2 aromatic carbocycles. The maximum absolute atomic E-state index is 13.1.